The minimum atomic E-state index is -0.379. The van der Waals surface area contributed by atoms with E-state index in [-0.39, 0.29) is 11.2 Å². The molecular weight excluding hydrogens is 316 g/mol. The molecule has 2 aromatic rings. The summed E-state index contributed by atoms with van der Waals surface area (Å²) in [5.74, 6) is 2.05. The maximum Gasteiger partial charge on any atom is 0.277 e. The van der Waals surface area contributed by atoms with E-state index in [4.69, 9.17) is 13.9 Å². The molecule has 6 nitrogen and oxygen atoms in total. The van der Waals surface area contributed by atoms with E-state index in [2.05, 4.69) is 10.2 Å². The van der Waals surface area contributed by atoms with Crippen molar-refractivity contribution in [3.63, 3.8) is 0 Å². The predicted octanol–water partition coefficient (Wildman–Crippen LogP) is 3.46. The molecule has 0 N–H and O–H groups in total. The number of hydrogen-bond acceptors (Lipinski definition) is 7. The number of benzene rings is 1. The first-order chi connectivity index (χ1) is 10.8. The van der Waals surface area contributed by atoms with Crippen molar-refractivity contribution < 1.29 is 18.7 Å². The third kappa shape index (κ3) is 4.48. The molecule has 0 fully saturated rings. The summed E-state index contributed by atoms with van der Waals surface area (Å²) in [6.07, 6.45) is 0. The number of ether oxygens (including phenoxy) is 2. The minimum Gasteiger partial charge on any atom is -0.497 e. The van der Waals surface area contributed by atoms with Crippen molar-refractivity contribution in [2.45, 2.75) is 26.0 Å². The number of hydrogen-bond donors (Lipinski definition) is 0. The van der Waals surface area contributed by atoms with Crippen molar-refractivity contribution in [3.8, 4) is 23.0 Å². The average Bonchev–Trinajstić information content (AvgIpc) is 3.00. The fourth-order valence-corrected chi connectivity index (χ4v) is 2.58. The molecule has 23 heavy (non-hydrogen) atoms. The number of Topliss-reactive ketones (excluding diaryl/α,β-unsaturated/α-hetero) is 1. The van der Waals surface area contributed by atoms with Gasteiger partial charge in [0.25, 0.3) is 5.22 Å². The zero-order valence-corrected chi connectivity index (χ0v) is 14.7. The first kappa shape index (κ1) is 17.3. The summed E-state index contributed by atoms with van der Waals surface area (Å²) >= 11 is 1.24. The normalized spacial score (nSPS) is 11.3. The molecule has 0 spiro atoms. The van der Waals surface area contributed by atoms with Crippen LogP contribution in [0.4, 0.5) is 0 Å². The molecule has 2 rings (SSSR count). The molecule has 0 atom stereocenters. The van der Waals surface area contributed by atoms with Crippen LogP contribution in [0, 0.1) is 5.41 Å². The monoisotopic (exact) mass is 336 g/mol. The summed E-state index contributed by atoms with van der Waals surface area (Å²) in [5.41, 5.74) is 0.318. The Hall–Kier alpha value is -2.02. The van der Waals surface area contributed by atoms with E-state index in [0.29, 0.717) is 33.9 Å². The number of aromatic nitrogens is 2. The number of ketones is 1. The van der Waals surface area contributed by atoms with Crippen LogP contribution in [0.25, 0.3) is 11.5 Å². The standard InChI is InChI=1S/C16H20N2O4S/c1-16(2,3)13(19)9-23-15-18-17-14(22-15)10-6-11(20-4)8-12(7-10)21-5/h6-8H,9H2,1-5H3. The SMILES string of the molecule is COc1cc(OC)cc(-c2nnc(SCC(=O)C(C)(C)C)o2)c1. The van der Waals surface area contributed by atoms with Crippen LogP contribution in [0.2, 0.25) is 0 Å². The fourth-order valence-electron chi connectivity index (χ4n) is 1.66. The Balaban J connectivity index is 2.14. The highest BCUT2D eigenvalue weighted by atomic mass is 32.2. The van der Waals surface area contributed by atoms with Crippen LogP contribution in [0.15, 0.2) is 27.8 Å². The quantitative estimate of drug-likeness (QED) is 0.748. The van der Waals surface area contributed by atoms with Gasteiger partial charge in [-0.3, -0.25) is 4.79 Å². The Bertz CT molecular complexity index is 669. The smallest absolute Gasteiger partial charge is 0.277 e. The summed E-state index contributed by atoms with van der Waals surface area (Å²) in [5, 5.41) is 8.35. The highest BCUT2D eigenvalue weighted by Gasteiger charge is 2.22. The highest BCUT2D eigenvalue weighted by Crippen LogP contribution is 2.31. The largest absolute Gasteiger partial charge is 0.497 e. The number of nitrogens with zero attached hydrogens (tertiary/aromatic N) is 2. The molecular formula is C16H20N2O4S. The van der Waals surface area contributed by atoms with Gasteiger partial charge in [-0.25, -0.2) is 0 Å². The summed E-state index contributed by atoms with van der Waals surface area (Å²) in [6, 6.07) is 5.33. The van der Waals surface area contributed by atoms with Crippen molar-refractivity contribution in [1.82, 2.24) is 10.2 Å². The van der Waals surface area contributed by atoms with Gasteiger partial charge in [-0.05, 0) is 12.1 Å². The van der Waals surface area contributed by atoms with Crippen molar-refractivity contribution in [2.75, 3.05) is 20.0 Å². The zero-order chi connectivity index (χ0) is 17.0. The van der Waals surface area contributed by atoms with E-state index < -0.39 is 0 Å². The van der Waals surface area contributed by atoms with Crippen molar-refractivity contribution in [2.24, 2.45) is 5.41 Å². The van der Waals surface area contributed by atoms with E-state index >= 15 is 0 Å². The fraction of sp³-hybridized carbons (Fsp3) is 0.438. The second-order valence-corrected chi connectivity index (χ2v) is 6.86. The van der Waals surface area contributed by atoms with Crippen LogP contribution < -0.4 is 9.47 Å². The molecule has 0 amide bonds. The van der Waals surface area contributed by atoms with Crippen LogP contribution in [0.3, 0.4) is 0 Å². The molecule has 1 aromatic heterocycles. The number of carbonyl (C=O) groups excluding carboxylic acids is 1. The molecule has 0 saturated carbocycles. The molecule has 0 bridgehead atoms. The molecule has 7 heteroatoms. The van der Waals surface area contributed by atoms with Crippen LogP contribution in [-0.4, -0.2) is 36.0 Å². The van der Waals surface area contributed by atoms with Gasteiger partial charge in [0.1, 0.15) is 17.3 Å². The van der Waals surface area contributed by atoms with Gasteiger partial charge < -0.3 is 13.9 Å². The second kappa shape index (κ2) is 7.04. The van der Waals surface area contributed by atoms with Crippen LogP contribution in [0.5, 0.6) is 11.5 Å². The van der Waals surface area contributed by atoms with E-state index in [0.717, 1.165) is 0 Å². The van der Waals surface area contributed by atoms with Crippen molar-refractivity contribution in [3.05, 3.63) is 18.2 Å². The van der Waals surface area contributed by atoms with Crippen LogP contribution in [0.1, 0.15) is 20.8 Å². The van der Waals surface area contributed by atoms with E-state index in [1.54, 1.807) is 32.4 Å². The van der Waals surface area contributed by atoms with Gasteiger partial charge in [0.15, 0.2) is 0 Å². The number of carbonyl (C=O) groups is 1. The van der Waals surface area contributed by atoms with Gasteiger partial charge in [-0.1, -0.05) is 32.5 Å². The first-order valence-electron chi connectivity index (χ1n) is 7.06. The first-order valence-corrected chi connectivity index (χ1v) is 8.05. The Labute approximate surface area is 139 Å². The maximum atomic E-state index is 11.9. The van der Waals surface area contributed by atoms with Gasteiger partial charge in [-0.2, -0.15) is 0 Å². The Kier molecular flexibility index (Phi) is 5.30. The van der Waals surface area contributed by atoms with Gasteiger partial charge in [0.2, 0.25) is 5.89 Å². The maximum absolute atomic E-state index is 11.9. The molecule has 0 radical (unpaired) electrons. The molecule has 124 valence electrons. The van der Waals surface area contributed by atoms with E-state index in [1.807, 2.05) is 20.8 Å². The molecule has 0 unspecified atom stereocenters. The Morgan fingerprint density at radius 2 is 1.74 bits per heavy atom. The van der Waals surface area contributed by atoms with Crippen LogP contribution >= 0.6 is 11.8 Å². The molecule has 0 aliphatic carbocycles. The van der Waals surface area contributed by atoms with E-state index in [9.17, 15) is 4.79 Å². The lowest BCUT2D eigenvalue weighted by Gasteiger charge is -2.14. The molecule has 0 aliphatic rings. The topological polar surface area (TPSA) is 74.5 Å². The molecule has 0 aliphatic heterocycles. The summed E-state index contributed by atoms with van der Waals surface area (Å²) in [4.78, 5) is 11.9. The van der Waals surface area contributed by atoms with Gasteiger partial charge in [-0.15, -0.1) is 10.2 Å². The Morgan fingerprint density at radius 1 is 1.13 bits per heavy atom. The summed E-state index contributed by atoms with van der Waals surface area (Å²) in [7, 11) is 3.15. The van der Waals surface area contributed by atoms with Gasteiger partial charge in [0, 0.05) is 17.0 Å². The predicted molar refractivity (Wildman–Crippen MR) is 88.0 cm³/mol. The zero-order valence-electron chi connectivity index (χ0n) is 13.9. The molecule has 1 heterocycles. The van der Waals surface area contributed by atoms with Gasteiger partial charge in [0.05, 0.1) is 20.0 Å². The van der Waals surface area contributed by atoms with Crippen molar-refractivity contribution in [1.29, 1.82) is 0 Å². The third-order valence-electron chi connectivity index (χ3n) is 3.17. The number of rotatable bonds is 6. The lowest BCUT2D eigenvalue weighted by Crippen LogP contribution is -2.21. The lowest BCUT2D eigenvalue weighted by atomic mass is 9.92. The third-order valence-corrected chi connectivity index (χ3v) is 3.99. The molecule has 1 aromatic carbocycles. The summed E-state index contributed by atoms with van der Waals surface area (Å²) < 4.78 is 16.1. The van der Waals surface area contributed by atoms with Crippen LogP contribution in [-0.2, 0) is 4.79 Å². The lowest BCUT2D eigenvalue weighted by molar-refractivity contribution is -0.123. The molecule has 0 saturated heterocycles. The average molecular weight is 336 g/mol. The van der Waals surface area contributed by atoms with Gasteiger partial charge >= 0.3 is 0 Å². The number of thioether (sulfide) groups is 1. The second-order valence-electron chi connectivity index (χ2n) is 5.94. The number of methoxy groups -OCH3 is 2. The summed E-state index contributed by atoms with van der Waals surface area (Å²) in [6.45, 7) is 5.66. The highest BCUT2D eigenvalue weighted by molar-refractivity contribution is 7.99. The minimum absolute atomic E-state index is 0.130. The Morgan fingerprint density at radius 3 is 2.26 bits per heavy atom. The van der Waals surface area contributed by atoms with Crippen molar-refractivity contribution >= 4 is 17.5 Å². The van der Waals surface area contributed by atoms with E-state index in [1.165, 1.54) is 11.8 Å².